The third-order valence-corrected chi connectivity index (χ3v) is 6.11. The van der Waals surface area contributed by atoms with E-state index >= 15 is 0 Å². The summed E-state index contributed by atoms with van der Waals surface area (Å²) in [4.78, 5) is 1.38. The van der Waals surface area contributed by atoms with Crippen LogP contribution in [0.3, 0.4) is 0 Å². The second-order valence-corrected chi connectivity index (χ2v) is 8.20. The predicted octanol–water partition coefficient (Wildman–Crippen LogP) is 6.05. The monoisotopic (exact) mass is 446 g/mol. The van der Waals surface area contributed by atoms with E-state index in [4.69, 9.17) is 16.3 Å². The molecule has 2 aromatic rings. The minimum atomic E-state index is 0.467. The third-order valence-electron chi connectivity index (χ3n) is 3.34. The zero-order valence-corrected chi connectivity index (χ0v) is 15.9. The van der Waals surface area contributed by atoms with Crippen molar-refractivity contribution in [2.24, 2.45) is 0 Å². The van der Waals surface area contributed by atoms with Gasteiger partial charge in [-0.3, -0.25) is 0 Å². The molecule has 0 aliphatic carbocycles. The fourth-order valence-corrected chi connectivity index (χ4v) is 5.23. The molecule has 5 heteroatoms. The van der Waals surface area contributed by atoms with Gasteiger partial charge in [-0.15, -0.1) is 23.4 Å². The molecule has 0 saturated heterocycles. The number of rotatable bonds is 4. The smallest absolute Gasteiger partial charge is 0.147 e. The molecule has 2 aromatic carbocycles. The van der Waals surface area contributed by atoms with Gasteiger partial charge < -0.3 is 4.74 Å². The SMILES string of the molecule is ClCc1cc(Br)c(OCC2Cc3ccccc3S2)c(Br)c1. The van der Waals surface area contributed by atoms with E-state index in [-0.39, 0.29) is 0 Å². The highest BCUT2D eigenvalue weighted by Crippen LogP contribution is 2.39. The van der Waals surface area contributed by atoms with Gasteiger partial charge in [0, 0.05) is 16.0 Å². The summed E-state index contributed by atoms with van der Waals surface area (Å²) in [5.74, 6) is 1.34. The normalized spacial score (nSPS) is 16.8. The van der Waals surface area contributed by atoms with Gasteiger partial charge in [0.05, 0.1) is 8.95 Å². The Morgan fingerprint density at radius 3 is 2.57 bits per heavy atom. The summed E-state index contributed by atoms with van der Waals surface area (Å²) in [6, 6.07) is 12.6. The Kier molecular flexibility index (Phi) is 5.20. The van der Waals surface area contributed by atoms with Crippen LogP contribution in [0.1, 0.15) is 11.1 Å². The van der Waals surface area contributed by atoms with Crippen molar-refractivity contribution in [2.75, 3.05) is 6.61 Å². The first-order valence-corrected chi connectivity index (χ1v) is 9.58. The molecule has 1 heterocycles. The molecule has 0 bridgehead atoms. The van der Waals surface area contributed by atoms with Crippen molar-refractivity contribution in [3.05, 3.63) is 56.5 Å². The predicted molar refractivity (Wildman–Crippen MR) is 96.7 cm³/mol. The van der Waals surface area contributed by atoms with Gasteiger partial charge in [-0.1, -0.05) is 18.2 Å². The summed E-state index contributed by atoms with van der Waals surface area (Å²) in [5.41, 5.74) is 2.48. The summed E-state index contributed by atoms with van der Waals surface area (Å²) < 4.78 is 7.90. The molecule has 1 aliphatic rings. The molecule has 1 unspecified atom stereocenters. The van der Waals surface area contributed by atoms with Crippen LogP contribution in [0.5, 0.6) is 5.75 Å². The van der Waals surface area contributed by atoms with Crippen molar-refractivity contribution in [3.63, 3.8) is 0 Å². The van der Waals surface area contributed by atoms with Gasteiger partial charge in [0.25, 0.3) is 0 Å². The number of thioether (sulfide) groups is 1. The lowest BCUT2D eigenvalue weighted by atomic mass is 10.1. The van der Waals surface area contributed by atoms with E-state index in [0.717, 1.165) is 26.7 Å². The van der Waals surface area contributed by atoms with Crippen LogP contribution in [0.25, 0.3) is 0 Å². The molecule has 0 fully saturated rings. The van der Waals surface area contributed by atoms with E-state index in [1.165, 1.54) is 10.5 Å². The van der Waals surface area contributed by atoms with E-state index in [1.807, 2.05) is 23.9 Å². The van der Waals surface area contributed by atoms with Gasteiger partial charge in [0.2, 0.25) is 0 Å². The Hall–Kier alpha value is -0.160. The Morgan fingerprint density at radius 1 is 1.19 bits per heavy atom. The van der Waals surface area contributed by atoms with E-state index in [0.29, 0.717) is 17.7 Å². The fourth-order valence-electron chi connectivity index (χ4n) is 2.35. The molecule has 0 N–H and O–H groups in total. The molecule has 1 aliphatic heterocycles. The largest absolute Gasteiger partial charge is 0.490 e. The maximum atomic E-state index is 6.02. The molecule has 0 saturated carbocycles. The van der Waals surface area contributed by atoms with Crippen molar-refractivity contribution in [1.82, 2.24) is 0 Å². The first kappa shape index (κ1) is 15.7. The molecule has 110 valence electrons. The molecule has 0 spiro atoms. The van der Waals surface area contributed by atoms with Gasteiger partial charge in [-0.25, -0.2) is 0 Å². The maximum absolute atomic E-state index is 6.02. The van der Waals surface area contributed by atoms with E-state index in [9.17, 15) is 0 Å². The molecule has 3 rings (SSSR count). The van der Waals surface area contributed by atoms with Gasteiger partial charge in [0.15, 0.2) is 0 Å². The highest BCUT2D eigenvalue weighted by molar-refractivity contribution is 9.11. The van der Waals surface area contributed by atoms with Crippen LogP contribution in [0.4, 0.5) is 0 Å². The lowest BCUT2D eigenvalue weighted by Gasteiger charge is -2.14. The van der Waals surface area contributed by atoms with E-state index < -0.39 is 0 Å². The molecule has 0 radical (unpaired) electrons. The zero-order valence-electron chi connectivity index (χ0n) is 11.1. The van der Waals surface area contributed by atoms with Crippen LogP contribution in [0, 0.1) is 0 Å². The molecule has 0 aromatic heterocycles. The minimum Gasteiger partial charge on any atom is -0.490 e. The molecule has 1 nitrogen and oxygen atoms in total. The van der Waals surface area contributed by atoms with Crippen LogP contribution in [0.2, 0.25) is 0 Å². The third kappa shape index (κ3) is 3.61. The van der Waals surface area contributed by atoms with Gasteiger partial charge >= 0.3 is 0 Å². The summed E-state index contributed by atoms with van der Waals surface area (Å²) in [5, 5.41) is 0.467. The number of halogens is 3. The Morgan fingerprint density at radius 2 is 1.90 bits per heavy atom. The number of fused-ring (bicyclic) bond motifs is 1. The highest BCUT2D eigenvalue weighted by atomic mass is 79.9. The van der Waals surface area contributed by atoms with Crippen LogP contribution in [-0.4, -0.2) is 11.9 Å². The van der Waals surface area contributed by atoms with Crippen molar-refractivity contribution in [2.45, 2.75) is 22.4 Å². The molecule has 21 heavy (non-hydrogen) atoms. The number of ether oxygens (including phenoxy) is 1. The fraction of sp³-hybridized carbons (Fsp3) is 0.250. The van der Waals surface area contributed by atoms with E-state index in [2.05, 4.69) is 56.1 Å². The average molecular weight is 449 g/mol. The number of alkyl halides is 1. The van der Waals surface area contributed by atoms with Crippen molar-refractivity contribution in [3.8, 4) is 5.75 Å². The standard InChI is InChI=1S/C16H13Br2ClOS/c17-13-5-10(8-19)6-14(18)16(13)20-9-12-7-11-3-1-2-4-15(11)21-12/h1-6,12H,7-9H2. The zero-order chi connectivity index (χ0) is 14.8. The highest BCUT2D eigenvalue weighted by Gasteiger charge is 2.23. The first-order chi connectivity index (χ1) is 10.2. The number of hydrogen-bond acceptors (Lipinski definition) is 2. The van der Waals surface area contributed by atoms with E-state index in [1.54, 1.807) is 0 Å². The molecule has 1 atom stereocenters. The van der Waals surface area contributed by atoms with Gasteiger partial charge in [0.1, 0.15) is 12.4 Å². The second-order valence-electron chi connectivity index (χ2n) is 4.88. The second kappa shape index (κ2) is 6.95. The maximum Gasteiger partial charge on any atom is 0.147 e. The van der Waals surface area contributed by atoms with Crippen molar-refractivity contribution >= 4 is 55.2 Å². The van der Waals surface area contributed by atoms with Crippen LogP contribution in [-0.2, 0) is 12.3 Å². The Balaban J connectivity index is 1.67. The first-order valence-electron chi connectivity index (χ1n) is 6.58. The summed E-state index contributed by atoms with van der Waals surface area (Å²) in [6.07, 6.45) is 1.07. The van der Waals surface area contributed by atoms with Gasteiger partial charge in [-0.2, -0.15) is 0 Å². The van der Waals surface area contributed by atoms with Crippen molar-refractivity contribution in [1.29, 1.82) is 0 Å². The number of benzene rings is 2. The molecule has 0 amide bonds. The number of hydrogen-bond donors (Lipinski definition) is 0. The van der Waals surface area contributed by atoms with Crippen molar-refractivity contribution < 1.29 is 4.74 Å². The topological polar surface area (TPSA) is 9.23 Å². The molecular formula is C16H13Br2ClOS. The molecular weight excluding hydrogens is 436 g/mol. The van der Waals surface area contributed by atoms with Gasteiger partial charge in [-0.05, 0) is 67.6 Å². The van der Waals surface area contributed by atoms with Crippen LogP contribution in [0.15, 0.2) is 50.2 Å². The Labute approximate surface area is 150 Å². The lowest BCUT2D eigenvalue weighted by molar-refractivity contribution is 0.313. The Bertz CT molecular complexity index is 614. The lowest BCUT2D eigenvalue weighted by Crippen LogP contribution is -2.14. The minimum absolute atomic E-state index is 0.467. The van der Waals surface area contributed by atoms with Crippen LogP contribution < -0.4 is 4.74 Å². The summed E-state index contributed by atoms with van der Waals surface area (Å²) in [6.45, 7) is 0.691. The summed E-state index contributed by atoms with van der Waals surface area (Å²) in [7, 11) is 0. The summed E-state index contributed by atoms with van der Waals surface area (Å²) >= 11 is 14.9. The quantitative estimate of drug-likeness (QED) is 0.527. The average Bonchev–Trinajstić information content (AvgIpc) is 2.88. The van der Waals surface area contributed by atoms with Crippen LogP contribution >= 0.6 is 55.2 Å².